The highest BCUT2D eigenvalue weighted by Gasteiger charge is 2.57. The van der Waals surface area contributed by atoms with Crippen molar-refractivity contribution in [1.82, 2.24) is 25.2 Å². The van der Waals surface area contributed by atoms with E-state index >= 15 is 0 Å². The molecular weight excluding hydrogens is 498 g/mol. The van der Waals surface area contributed by atoms with Gasteiger partial charge in [-0.25, -0.2) is 9.37 Å². The van der Waals surface area contributed by atoms with E-state index < -0.39 is 35.3 Å². The molecule has 2 aromatic heterocycles. The quantitative estimate of drug-likeness (QED) is 0.369. The number of benzene rings is 1. The molecule has 0 radical (unpaired) electrons. The fourth-order valence-corrected chi connectivity index (χ4v) is 5.67. The van der Waals surface area contributed by atoms with Crippen molar-refractivity contribution in [2.45, 2.75) is 42.9 Å². The highest BCUT2D eigenvalue weighted by atomic mass is 19.4. The largest absolute Gasteiger partial charge is 0.481 e. The fourth-order valence-electron chi connectivity index (χ4n) is 5.67. The van der Waals surface area contributed by atoms with E-state index in [1.54, 1.807) is 12.1 Å². The minimum absolute atomic E-state index is 0.0167. The van der Waals surface area contributed by atoms with Crippen LogP contribution in [0.3, 0.4) is 0 Å². The van der Waals surface area contributed by atoms with Crippen LogP contribution in [0.15, 0.2) is 36.5 Å². The number of hydrogen-bond acceptors (Lipinski definition) is 8. The summed E-state index contributed by atoms with van der Waals surface area (Å²) in [4.78, 5) is 16.9. The molecule has 196 valence electrons. The molecular formula is C24H23F4N5O4. The smallest absolute Gasteiger partial charge is 0.453 e. The molecule has 0 amide bonds. The summed E-state index contributed by atoms with van der Waals surface area (Å²) < 4.78 is 71.2. The van der Waals surface area contributed by atoms with Gasteiger partial charge in [-0.2, -0.15) is 17.9 Å². The van der Waals surface area contributed by atoms with Gasteiger partial charge in [-0.3, -0.25) is 4.79 Å². The first-order chi connectivity index (χ1) is 17.7. The summed E-state index contributed by atoms with van der Waals surface area (Å²) in [6.45, 7) is 0.217. The molecule has 1 saturated carbocycles. The van der Waals surface area contributed by atoms with Crippen molar-refractivity contribution in [3.63, 3.8) is 0 Å². The number of nitrogens with zero attached hydrogens (tertiary/aromatic N) is 5. The lowest BCUT2D eigenvalue weighted by Gasteiger charge is -2.33. The molecule has 1 spiro atoms. The van der Waals surface area contributed by atoms with Crippen LogP contribution >= 0.6 is 0 Å². The summed E-state index contributed by atoms with van der Waals surface area (Å²) in [7, 11) is 2.74. The van der Waals surface area contributed by atoms with Crippen LogP contribution in [0.5, 0.6) is 5.88 Å². The van der Waals surface area contributed by atoms with E-state index in [9.17, 15) is 22.4 Å². The van der Waals surface area contributed by atoms with Gasteiger partial charge in [0.2, 0.25) is 5.88 Å². The van der Waals surface area contributed by atoms with Crippen LogP contribution in [0.25, 0.3) is 5.69 Å². The van der Waals surface area contributed by atoms with Gasteiger partial charge in [-0.05, 0) is 53.5 Å². The minimum atomic E-state index is -4.76. The Labute approximate surface area is 208 Å². The van der Waals surface area contributed by atoms with Crippen molar-refractivity contribution in [3.05, 3.63) is 59.3 Å². The molecule has 4 atom stereocenters. The van der Waals surface area contributed by atoms with Crippen molar-refractivity contribution >= 4 is 5.97 Å². The average molecular weight is 521 g/mol. The van der Waals surface area contributed by atoms with Crippen molar-refractivity contribution in [2.75, 3.05) is 20.8 Å². The standard InChI is InChI=1S/C24H23F4N5O4/c1-35-20-18(9-16(11-29-20)33-22(24(26,27)28)30-31-32-33)14-10-23(37-12-14)8-7-17(21(34)36-2)19(23)13-3-5-15(25)6-4-13/h3-6,9,11,14,17,19H,7-8,10,12H2,1-2H3. The molecule has 37 heavy (non-hydrogen) atoms. The number of tetrazole rings is 1. The topological polar surface area (TPSA) is 101 Å². The van der Waals surface area contributed by atoms with Gasteiger partial charge in [0.05, 0.1) is 44.2 Å². The molecule has 0 N–H and O–H groups in total. The third-order valence-corrected chi connectivity index (χ3v) is 7.21. The van der Waals surface area contributed by atoms with Crippen LogP contribution in [0.2, 0.25) is 0 Å². The molecule has 13 heteroatoms. The van der Waals surface area contributed by atoms with Gasteiger partial charge in [-0.1, -0.05) is 12.1 Å². The molecule has 5 rings (SSSR count). The lowest BCUT2D eigenvalue weighted by Crippen LogP contribution is -2.35. The van der Waals surface area contributed by atoms with E-state index in [2.05, 4.69) is 20.5 Å². The summed E-state index contributed by atoms with van der Waals surface area (Å²) >= 11 is 0. The number of alkyl halides is 3. The summed E-state index contributed by atoms with van der Waals surface area (Å²) in [6.07, 6.45) is -2.07. The van der Waals surface area contributed by atoms with Crippen molar-refractivity contribution < 1.29 is 36.6 Å². The Balaban J connectivity index is 1.51. The van der Waals surface area contributed by atoms with Gasteiger partial charge in [0, 0.05) is 17.4 Å². The zero-order valence-electron chi connectivity index (χ0n) is 19.9. The first-order valence-corrected chi connectivity index (χ1v) is 11.5. The normalized spacial score (nSPS) is 25.5. The van der Waals surface area contributed by atoms with Crippen LogP contribution < -0.4 is 4.74 Å². The molecule has 3 heterocycles. The zero-order chi connectivity index (χ0) is 26.4. The highest BCUT2D eigenvalue weighted by molar-refractivity contribution is 5.74. The Bertz CT molecular complexity index is 1300. The highest BCUT2D eigenvalue weighted by Crippen LogP contribution is 2.57. The number of halogens is 4. The third-order valence-electron chi connectivity index (χ3n) is 7.21. The fraction of sp³-hybridized carbons (Fsp3) is 0.458. The second-order valence-corrected chi connectivity index (χ2v) is 9.18. The molecule has 1 saturated heterocycles. The Morgan fingerprint density at radius 1 is 1.22 bits per heavy atom. The zero-order valence-corrected chi connectivity index (χ0v) is 19.9. The van der Waals surface area contributed by atoms with Gasteiger partial charge >= 0.3 is 12.1 Å². The lowest BCUT2D eigenvalue weighted by molar-refractivity contribution is -0.147. The maximum absolute atomic E-state index is 13.7. The van der Waals surface area contributed by atoms with Crippen molar-refractivity contribution in [2.24, 2.45) is 5.92 Å². The molecule has 0 bridgehead atoms. The molecule has 2 fully saturated rings. The number of pyridine rings is 1. The first kappa shape index (κ1) is 25.1. The maximum atomic E-state index is 13.7. The van der Waals surface area contributed by atoms with E-state index in [0.717, 1.165) is 5.56 Å². The second kappa shape index (κ2) is 9.36. The molecule has 3 aromatic rings. The van der Waals surface area contributed by atoms with E-state index in [0.29, 0.717) is 29.5 Å². The van der Waals surface area contributed by atoms with Gasteiger partial charge in [0.25, 0.3) is 5.82 Å². The van der Waals surface area contributed by atoms with Crippen LogP contribution in [0, 0.1) is 11.7 Å². The van der Waals surface area contributed by atoms with Crippen LogP contribution in [-0.2, 0) is 20.4 Å². The number of hydrogen-bond donors (Lipinski definition) is 0. The Morgan fingerprint density at radius 3 is 2.65 bits per heavy atom. The molecule has 9 nitrogen and oxygen atoms in total. The van der Waals surface area contributed by atoms with Gasteiger partial charge < -0.3 is 14.2 Å². The SMILES string of the molecule is COC(=O)C1CCC2(CC(c3cc(-n4nnnc4C(F)(F)F)cnc3OC)CO2)C1c1ccc(F)cc1. The predicted molar refractivity (Wildman–Crippen MR) is 118 cm³/mol. The van der Waals surface area contributed by atoms with Crippen molar-refractivity contribution in [3.8, 4) is 11.6 Å². The summed E-state index contributed by atoms with van der Waals surface area (Å²) in [5, 5.41) is 9.75. The van der Waals surface area contributed by atoms with Crippen LogP contribution in [0.1, 0.15) is 48.0 Å². The third kappa shape index (κ3) is 4.41. The van der Waals surface area contributed by atoms with Gasteiger partial charge in [0.1, 0.15) is 5.82 Å². The first-order valence-electron chi connectivity index (χ1n) is 11.5. The second-order valence-electron chi connectivity index (χ2n) is 9.18. The van der Waals surface area contributed by atoms with E-state index in [-0.39, 0.29) is 30.1 Å². The van der Waals surface area contributed by atoms with Crippen molar-refractivity contribution in [1.29, 1.82) is 0 Å². The Hall–Kier alpha value is -3.61. The summed E-state index contributed by atoms with van der Waals surface area (Å²) in [6, 6.07) is 7.45. The molecule has 1 aliphatic heterocycles. The minimum Gasteiger partial charge on any atom is -0.481 e. The van der Waals surface area contributed by atoms with Gasteiger partial charge in [0.15, 0.2) is 0 Å². The molecule has 1 aliphatic carbocycles. The maximum Gasteiger partial charge on any atom is 0.453 e. The number of carbonyl (C=O) groups is 1. The number of ether oxygens (including phenoxy) is 3. The molecule has 2 aliphatic rings. The number of rotatable bonds is 5. The molecule has 1 aromatic carbocycles. The van der Waals surface area contributed by atoms with E-state index in [4.69, 9.17) is 14.2 Å². The predicted octanol–water partition coefficient (Wildman–Crippen LogP) is 3.83. The number of aromatic nitrogens is 5. The van der Waals surface area contributed by atoms with Crippen LogP contribution in [0.4, 0.5) is 17.6 Å². The number of esters is 1. The van der Waals surface area contributed by atoms with Crippen LogP contribution in [-0.4, -0.2) is 57.6 Å². The molecule has 4 unspecified atom stereocenters. The number of carbonyl (C=O) groups excluding carboxylic acids is 1. The summed E-state index contributed by atoms with van der Waals surface area (Å²) in [5.41, 5.74) is 0.522. The van der Waals surface area contributed by atoms with Gasteiger partial charge in [-0.15, -0.1) is 5.10 Å². The Morgan fingerprint density at radius 2 is 1.97 bits per heavy atom. The number of methoxy groups -OCH3 is 2. The Kier molecular flexibility index (Phi) is 6.34. The van der Waals surface area contributed by atoms with E-state index in [1.165, 1.54) is 38.6 Å². The average Bonchev–Trinajstić information content (AvgIpc) is 3.63. The monoisotopic (exact) mass is 521 g/mol. The van der Waals surface area contributed by atoms with E-state index in [1.807, 2.05) is 0 Å². The summed E-state index contributed by atoms with van der Waals surface area (Å²) in [5.74, 6) is -3.02. The lowest BCUT2D eigenvalue weighted by atomic mass is 9.76.